The van der Waals surface area contributed by atoms with Crippen LogP contribution in [0.3, 0.4) is 0 Å². The average Bonchev–Trinajstić information content (AvgIpc) is 3.11. The van der Waals surface area contributed by atoms with Gasteiger partial charge in [-0.1, -0.05) is 41.8 Å². The lowest BCUT2D eigenvalue weighted by Gasteiger charge is -2.29. The van der Waals surface area contributed by atoms with Crippen molar-refractivity contribution in [3.05, 3.63) is 93.0 Å². The van der Waals surface area contributed by atoms with Gasteiger partial charge in [-0.05, 0) is 124 Å². The largest absolute Gasteiger partial charge is 0.322 e. The van der Waals surface area contributed by atoms with Crippen LogP contribution in [0.25, 0.3) is 0 Å². The second-order valence-corrected chi connectivity index (χ2v) is 11.5. The molecule has 1 atom stereocenters. The van der Waals surface area contributed by atoms with Gasteiger partial charge in [0.2, 0.25) is 0 Å². The summed E-state index contributed by atoms with van der Waals surface area (Å²) in [5, 5.41) is 4.00. The molecule has 3 aromatic carbocycles. The molecule has 0 saturated carbocycles. The first-order valence-corrected chi connectivity index (χ1v) is 14.7. The van der Waals surface area contributed by atoms with Crippen LogP contribution in [0.15, 0.2) is 60.7 Å². The van der Waals surface area contributed by atoms with Crippen LogP contribution < -0.4 is 10.2 Å². The second kappa shape index (κ2) is 12.5. The van der Waals surface area contributed by atoms with Crippen molar-refractivity contribution in [3.8, 4) is 0 Å². The van der Waals surface area contributed by atoms with E-state index in [1.807, 2.05) is 30.0 Å². The minimum Gasteiger partial charge on any atom is -0.322 e. The number of halogens is 2. The number of nitrogens with zero attached hydrogens (tertiary/aromatic N) is 2. The van der Waals surface area contributed by atoms with Crippen LogP contribution >= 0.6 is 23.2 Å². The van der Waals surface area contributed by atoms with Crippen molar-refractivity contribution >= 4 is 46.4 Å². The topological polar surface area (TPSA) is 52.7 Å². The molecule has 5 rings (SSSR count). The molecule has 5 nitrogen and oxygen atoms in total. The Bertz CT molecular complexity index is 1350. The quantitative estimate of drug-likeness (QED) is 0.331. The Hall–Kier alpha value is -2.86. The molecule has 2 heterocycles. The predicted molar refractivity (Wildman–Crippen MR) is 161 cm³/mol. The summed E-state index contributed by atoms with van der Waals surface area (Å²) in [6.45, 7) is 6.03. The normalized spacial score (nSPS) is 17.8. The van der Waals surface area contributed by atoms with Gasteiger partial charge in [0, 0.05) is 28.5 Å². The number of amides is 2. The summed E-state index contributed by atoms with van der Waals surface area (Å²) in [6.07, 6.45) is 6.97. The van der Waals surface area contributed by atoms with Crippen LogP contribution in [-0.4, -0.2) is 42.9 Å². The SMILES string of the molecule is Cc1cc(NC(=O)c2ccccc2Cl)ccc1C(=O)N1CCCC(CCN2CCCCC2)c2cc(Cl)ccc21. The maximum atomic E-state index is 13.9. The highest BCUT2D eigenvalue weighted by atomic mass is 35.5. The van der Waals surface area contributed by atoms with E-state index in [1.165, 1.54) is 37.9 Å². The zero-order chi connectivity index (χ0) is 27.4. The van der Waals surface area contributed by atoms with Crippen LogP contribution in [0.2, 0.25) is 10.0 Å². The molecule has 1 fully saturated rings. The average molecular weight is 565 g/mol. The summed E-state index contributed by atoms with van der Waals surface area (Å²) in [5.74, 6) is 0.0617. The van der Waals surface area contributed by atoms with Crippen LogP contribution in [0.4, 0.5) is 11.4 Å². The molecule has 1 unspecified atom stereocenters. The van der Waals surface area contributed by atoms with Gasteiger partial charge in [0.25, 0.3) is 11.8 Å². The lowest BCUT2D eigenvalue weighted by atomic mass is 9.90. The molecule has 204 valence electrons. The van der Waals surface area contributed by atoms with Crippen molar-refractivity contribution in [2.75, 3.05) is 36.4 Å². The van der Waals surface area contributed by atoms with Crippen LogP contribution in [0, 0.1) is 6.92 Å². The molecule has 2 aliphatic heterocycles. The first-order valence-electron chi connectivity index (χ1n) is 13.9. The number of hydrogen-bond donors (Lipinski definition) is 1. The number of carbonyl (C=O) groups is 2. The van der Waals surface area contributed by atoms with Crippen LogP contribution in [0.5, 0.6) is 0 Å². The van der Waals surface area contributed by atoms with Gasteiger partial charge in [0.05, 0.1) is 10.6 Å². The number of benzene rings is 3. The number of piperidine rings is 1. The minimum absolute atomic E-state index is 0.0308. The molecule has 3 aromatic rings. The fourth-order valence-electron chi connectivity index (χ4n) is 5.87. The predicted octanol–water partition coefficient (Wildman–Crippen LogP) is 7.95. The van der Waals surface area contributed by atoms with Crippen molar-refractivity contribution in [3.63, 3.8) is 0 Å². The zero-order valence-electron chi connectivity index (χ0n) is 22.4. The molecule has 1 saturated heterocycles. The van der Waals surface area contributed by atoms with Gasteiger partial charge in [-0.15, -0.1) is 0 Å². The summed E-state index contributed by atoms with van der Waals surface area (Å²) in [5.41, 5.74) is 4.59. The number of likely N-dealkylation sites (tertiary alicyclic amines) is 1. The van der Waals surface area contributed by atoms with Crippen molar-refractivity contribution in [2.24, 2.45) is 0 Å². The van der Waals surface area contributed by atoms with E-state index in [4.69, 9.17) is 23.2 Å². The van der Waals surface area contributed by atoms with E-state index in [9.17, 15) is 9.59 Å². The highest BCUT2D eigenvalue weighted by molar-refractivity contribution is 6.34. The third-order valence-electron chi connectivity index (χ3n) is 7.98. The number of rotatable bonds is 6. The van der Waals surface area contributed by atoms with E-state index in [2.05, 4.69) is 16.3 Å². The highest BCUT2D eigenvalue weighted by Gasteiger charge is 2.28. The monoisotopic (exact) mass is 563 g/mol. The summed E-state index contributed by atoms with van der Waals surface area (Å²) < 4.78 is 0. The van der Waals surface area contributed by atoms with E-state index in [1.54, 1.807) is 36.4 Å². The van der Waals surface area contributed by atoms with Crippen LogP contribution in [-0.2, 0) is 0 Å². The Balaban J connectivity index is 1.35. The van der Waals surface area contributed by atoms with Crippen molar-refractivity contribution < 1.29 is 9.59 Å². The van der Waals surface area contributed by atoms with Gasteiger partial charge in [0.15, 0.2) is 0 Å². The van der Waals surface area contributed by atoms with E-state index < -0.39 is 0 Å². The Labute approximate surface area is 241 Å². The van der Waals surface area contributed by atoms with Gasteiger partial charge < -0.3 is 15.1 Å². The Morgan fingerprint density at radius 2 is 1.69 bits per heavy atom. The lowest BCUT2D eigenvalue weighted by molar-refractivity contribution is 0.0985. The van der Waals surface area contributed by atoms with Gasteiger partial charge in [-0.3, -0.25) is 9.59 Å². The summed E-state index contributed by atoms with van der Waals surface area (Å²) in [7, 11) is 0. The second-order valence-electron chi connectivity index (χ2n) is 10.7. The van der Waals surface area contributed by atoms with Crippen LogP contribution in [0.1, 0.15) is 76.3 Å². The van der Waals surface area contributed by atoms with Gasteiger partial charge in [0.1, 0.15) is 0 Å². The van der Waals surface area contributed by atoms with Crippen molar-refractivity contribution in [1.29, 1.82) is 0 Å². The molecule has 0 spiro atoms. The minimum atomic E-state index is -0.284. The van der Waals surface area contributed by atoms with E-state index in [0.29, 0.717) is 39.3 Å². The smallest absolute Gasteiger partial charge is 0.258 e. The summed E-state index contributed by atoms with van der Waals surface area (Å²) in [6, 6.07) is 18.3. The zero-order valence-corrected chi connectivity index (χ0v) is 23.9. The maximum Gasteiger partial charge on any atom is 0.258 e. The first kappa shape index (κ1) is 27.7. The fraction of sp³-hybridized carbons (Fsp3) is 0.375. The number of fused-ring (bicyclic) bond motifs is 1. The molecule has 7 heteroatoms. The molecule has 2 aliphatic rings. The number of hydrogen-bond acceptors (Lipinski definition) is 3. The van der Waals surface area contributed by atoms with Crippen molar-refractivity contribution in [1.82, 2.24) is 4.90 Å². The molecular formula is C32H35Cl2N3O2. The number of nitrogens with one attached hydrogen (secondary N) is 1. The van der Waals surface area contributed by atoms with Crippen molar-refractivity contribution in [2.45, 2.75) is 51.4 Å². The first-order chi connectivity index (χ1) is 18.9. The van der Waals surface area contributed by atoms with E-state index in [-0.39, 0.29) is 11.8 Å². The number of carbonyl (C=O) groups excluding carboxylic acids is 2. The van der Waals surface area contributed by atoms with Gasteiger partial charge >= 0.3 is 0 Å². The Kier molecular flexibility index (Phi) is 8.91. The third-order valence-corrected chi connectivity index (χ3v) is 8.54. The lowest BCUT2D eigenvalue weighted by Crippen LogP contribution is -2.32. The highest BCUT2D eigenvalue weighted by Crippen LogP contribution is 2.39. The molecule has 0 aliphatic carbocycles. The summed E-state index contributed by atoms with van der Waals surface area (Å²) >= 11 is 12.7. The van der Waals surface area contributed by atoms with E-state index in [0.717, 1.165) is 37.1 Å². The molecule has 0 aromatic heterocycles. The molecule has 1 N–H and O–H groups in total. The van der Waals surface area contributed by atoms with Gasteiger partial charge in [-0.25, -0.2) is 0 Å². The molecule has 2 amide bonds. The van der Waals surface area contributed by atoms with E-state index >= 15 is 0 Å². The maximum absolute atomic E-state index is 13.9. The standard InChI is InChI=1S/C32H35Cl2N3O2/c1-22-20-25(35-31(38)27-9-3-4-10-29(27)34)12-13-26(22)32(39)37-18-7-8-23(15-19-36-16-5-2-6-17-36)28-21-24(33)11-14-30(28)37/h3-4,9-14,20-21,23H,2,5-8,15-19H2,1H3,(H,35,38). The Morgan fingerprint density at radius 3 is 2.46 bits per heavy atom. The fourth-order valence-corrected chi connectivity index (χ4v) is 6.27. The summed E-state index contributed by atoms with van der Waals surface area (Å²) in [4.78, 5) is 31.1. The third kappa shape index (κ3) is 6.49. The number of anilines is 2. The molecular weight excluding hydrogens is 529 g/mol. The molecule has 0 bridgehead atoms. The number of aryl methyl sites for hydroxylation is 1. The Morgan fingerprint density at radius 1 is 0.897 bits per heavy atom. The van der Waals surface area contributed by atoms with Gasteiger partial charge in [-0.2, -0.15) is 0 Å². The molecule has 39 heavy (non-hydrogen) atoms. The molecule has 0 radical (unpaired) electrons.